The quantitative estimate of drug-likeness (QED) is 0.626. The third-order valence-corrected chi connectivity index (χ3v) is 5.98. The minimum Gasteiger partial charge on any atom is -0.478 e. The number of hydrogen-bond acceptors (Lipinski definition) is 4. The molecule has 1 aliphatic carbocycles. The number of rotatable bonds is 4. The van der Waals surface area contributed by atoms with Crippen LogP contribution in [0, 0.1) is 0 Å². The van der Waals surface area contributed by atoms with Gasteiger partial charge >= 0.3 is 5.97 Å². The van der Waals surface area contributed by atoms with Crippen LogP contribution in [0.25, 0.3) is 5.57 Å². The molecule has 0 unspecified atom stereocenters. The van der Waals surface area contributed by atoms with Crippen LogP contribution in [0.2, 0.25) is 0 Å². The zero-order valence-corrected chi connectivity index (χ0v) is 16.9. The number of aromatic nitrogens is 1. The van der Waals surface area contributed by atoms with Crippen LogP contribution in [-0.2, 0) is 5.41 Å². The monoisotopic (exact) mass is 404 g/mol. The largest absolute Gasteiger partial charge is 0.478 e. The maximum absolute atomic E-state index is 12.8. The predicted octanol–water partition coefficient (Wildman–Crippen LogP) is 5.21. The first-order valence-electron chi connectivity index (χ1n) is 9.25. The van der Waals surface area contributed by atoms with Crippen molar-refractivity contribution in [3.63, 3.8) is 0 Å². The summed E-state index contributed by atoms with van der Waals surface area (Å²) >= 11 is 1.59. The van der Waals surface area contributed by atoms with Crippen LogP contribution in [0.1, 0.15) is 57.1 Å². The number of amides is 1. The van der Waals surface area contributed by atoms with Crippen LogP contribution in [0.3, 0.4) is 0 Å². The van der Waals surface area contributed by atoms with Gasteiger partial charge in [0.1, 0.15) is 5.01 Å². The molecule has 4 rings (SSSR count). The van der Waals surface area contributed by atoms with Crippen LogP contribution in [-0.4, -0.2) is 22.0 Å². The van der Waals surface area contributed by atoms with Gasteiger partial charge in [0.05, 0.1) is 5.56 Å². The number of benzene rings is 2. The maximum atomic E-state index is 12.8. The molecule has 5 nitrogen and oxygen atoms in total. The third kappa shape index (κ3) is 3.71. The molecule has 0 atom stereocenters. The Bertz CT molecular complexity index is 1110. The number of carbonyl (C=O) groups excluding carboxylic acids is 1. The summed E-state index contributed by atoms with van der Waals surface area (Å²) in [4.78, 5) is 28.2. The van der Waals surface area contributed by atoms with Gasteiger partial charge < -0.3 is 10.4 Å². The van der Waals surface area contributed by atoms with Crippen molar-refractivity contribution in [2.75, 3.05) is 5.32 Å². The van der Waals surface area contributed by atoms with Gasteiger partial charge in [-0.1, -0.05) is 26.0 Å². The third-order valence-electron chi connectivity index (χ3n) is 5.17. The van der Waals surface area contributed by atoms with E-state index in [1.165, 1.54) is 17.7 Å². The van der Waals surface area contributed by atoms with Crippen molar-refractivity contribution in [2.24, 2.45) is 0 Å². The van der Waals surface area contributed by atoms with Crippen molar-refractivity contribution in [1.29, 1.82) is 0 Å². The van der Waals surface area contributed by atoms with Crippen molar-refractivity contribution in [2.45, 2.75) is 25.7 Å². The average molecular weight is 404 g/mol. The summed E-state index contributed by atoms with van der Waals surface area (Å²) in [6.45, 7) is 4.40. The lowest BCUT2D eigenvalue weighted by molar-refractivity contribution is 0.0696. The Hall–Kier alpha value is -3.25. The molecule has 0 radical (unpaired) electrons. The van der Waals surface area contributed by atoms with E-state index in [1.807, 2.05) is 23.6 Å². The number of aromatic carboxylic acids is 1. The Labute approximate surface area is 172 Å². The Balaban J connectivity index is 1.66. The van der Waals surface area contributed by atoms with E-state index in [2.05, 4.69) is 30.2 Å². The van der Waals surface area contributed by atoms with Gasteiger partial charge in [-0.15, -0.1) is 11.3 Å². The van der Waals surface area contributed by atoms with E-state index in [0.717, 1.165) is 22.6 Å². The first kappa shape index (κ1) is 19.1. The molecule has 29 heavy (non-hydrogen) atoms. The van der Waals surface area contributed by atoms with Gasteiger partial charge in [0.15, 0.2) is 0 Å². The van der Waals surface area contributed by atoms with Crippen molar-refractivity contribution in [3.8, 4) is 0 Å². The van der Waals surface area contributed by atoms with E-state index < -0.39 is 5.97 Å². The fourth-order valence-corrected chi connectivity index (χ4v) is 4.23. The smallest absolute Gasteiger partial charge is 0.335 e. The standard InChI is InChI=1S/C23H20N2O3S/c1-23(2)10-9-17(21-24-11-12-29-21)18-13-15(5-8-19(18)23)20(26)25-16-6-3-14(4-7-16)22(27)28/h3-9,11-13H,10H2,1-2H3,(H,25,26)(H,27,28). The summed E-state index contributed by atoms with van der Waals surface area (Å²) in [5, 5.41) is 14.7. The lowest BCUT2D eigenvalue weighted by atomic mass is 9.73. The molecule has 1 aromatic heterocycles. The molecule has 1 heterocycles. The van der Waals surface area contributed by atoms with E-state index in [1.54, 1.807) is 29.7 Å². The van der Waals surface area contributed by atoms with Crippen molar-refractivity contribution < 1.29 is 14.7 Å². The van der Waals surface area contributed by atoms with Crippen molar-refractivity contribution in [3.05, 3.63) is 87.4 Å². The van der Waals surface area contributed by atoms with Gasteiger partial charge in [0.25, 0.3) is 5.91 Å². The highest BCUT2D eigenvalue weighted by Gasteiger charge is 2.30. The van der Waals surface area contributed by atoms with Gasteiger partial charge in [-0.2, -0.15) is 0 Å². The highest BCUT2D eigenvalue weighted by Crippen LogP contribution is 2.42. The molecule has 0 spiro atoms. The van der Waals surface area contributed by atoms with Crippen LogP contribution < -0.4 is 5.32 Å². The average Bonchev–Trinajstić information content (AvgIpc) is 3.22. The minimum absolute atomic E-state index is 0.0161. The minimum atomic E-state index is -0.998. The van der Waals surface area contributed by atoms with E-state index in [4.69, 9.17) is 5.11 Å². The number of nitrogens with zero attached hydrogens (tertiary/aromatic N) is 1. The number of anilines is 1. The zero-order chi connectivity index (χ0) is 20.6. The number of allylic oxidation sites excluding steroid dienone is 1. The molecule has 2 aromatic carbocycles. The second-order valence-electron chi connectivity index (χ2n) is 7.64. The van der Waals surface area contributed by atoms with E-state index in [9.17, 15) is 9.59 Å². The van der Waals surface area contributed by atoms with E-state index in [0.29, 0.717) is 11.3 Å². The molecule has 0 saturated carbocycles. The van der Waals surface area contributed by atoms with E-state index >= 15 is 0 Å². The first-order valence-corrected chi connectivity index (χ1v) is 10.1. The molecule has 1 aliphatic rings. The van der Waals surface area contributed by atoms with Gasteiger partial charge in [0.2, 0.25) is 0 Å². The molecule has 3 aromatic rings. The molecule has 6 heteroatoms. The summed E-state index contributed by atoms with van der Waals surface area (Å²) < 4.78 is 0. The van der Waals surface area contributed by atoms with Crippen molar-refractivity contribution >= 4 is 34.5 Å². The Kier molecular flexibility index (Phi) is 4.80. The van der Waals surface area contributed by atoms with E-state index in [-0.39, 0.29) is 16.9 Å². The second-order valence-corrected chi connectivity index (χ2v) is 8.53. The highest BCUT2D eigenvalue weighted by atomic mass is 32.1. The zero-order valence-electron chi connectivity index (χ0n) is 16.1. The normalized spacial score (nSPS) is 14.6. The van der Waals surface area contributed by atoms with Gasteiger partial charge in [0, 0.05) is 28.4 Å². The molecular formula is C23H20N2O3S. The number of carbonyl (C=O) groups is 2. The number of carboxylic acid groups (broad SMARTS) is 1. The van der Waals surface area contributed by atoms with Gasteiger partial charge in [-0.05, 0) is 59.4 Å². The molecule has 146 valence electrons. The second kappa shape index (κ2) is 7.29. The number of carboxylic acids is 1. The van der Waals surface area contributed by atoms with Crippen LogP contribution in [0.4, 0.5) is 5.69 Å². The lowest BCUT2D eigenvalue weighted by Gasteiger charge is -2.32. The maximum Gasteiger partial charge on any atom is 0.335 e. The van der Waals surface area contributed by atoms with Crippen LogP contribution in [0.15, 0.2) is 60.1 Å². The molecule has 0 aliphatic heterocycles. The topological polar surface area (TPSA) is 79.3 Å². The lowest BCUT2D eigenvalue weighted by Crippen LogP contribution is -2.23. The number of fused-ring (bicyclic) bond motifs is 1. The Morgan fingerprint density at radius 3 is 2.48 bits per heavy atom. The highest BCUT2D eigenvalue weighted by molar-refractivity contribution is 7.10. The van der Waals surface area contributed by atoms with Gasteiger partial charge in [-0.25, -0.2) is 9.78 Å². The van der Waals surface area contributed by atoms with Crippen LogP contribution in [0.5, 0.6) is 0 Å². The van der Waals surface area contributed by atoms with Crippen molar-refractivity contribution in [1.82, 2.24) is 4.98 Å². The molecule has 0 bridgehead atoms. The van der Waals surface area contributed by atoms with Gasteiger partial charge in [-0.3, -0.25) is 4.79 Å². The predicted molar refractivity (Wildman–Crippen MR) is 115 cm³/mol. The number of nitrogens with one attached hydrogen (secondary N) is 1. The Morgan fingerprint density at radius 1 is 1.10 bits per heavy atom. The summed E-state index contributed by atoms with van der Waals surface area (Å²) in [6, 6.07) is 11.9. The fraction of sp³-hybridized carbons (Fsp3) is 0.174. The molecule has 2 N–H and O–H groups in total. The number of hydrogen-bond donors (Lipinski definition) is 2. The molecular weight excluding hydrogens is 384 g/mol. The summed E-state index contributed by atoms with van der Waals surface area (Å²) in [7, 11) is 0. The summed E-state index contributed by atoms with van der Waals surface area (Å²) in [6.07, 6.45) is 4.90. The Morgan fingerprint density at radius 2 is 1.83 bits per heavy atom. The summed E-state index contributed by atoms with van der Waals surface area (Å²) in [5.74, 6) is -1.24. The molecule has 0 fully saturated rings. The molecule has 1 amide bonds. The van der Waals surface area contributed by atoms with Crippen LogP contribution >= 0.6 is 11.3 Å². The first-order chi connectivity index (χ1) is 13.8. The summed E-state index contributed by atoms with van der Waals surface area (Å²) in [5.41, 5.74) is 4.56. The molecule has 0 saturated heterocycles. The fourth-order valence-electron chi connectivity index (χ4n) is 3.53. The number of thiazole rings is 1. The SMILES string of the molecule is CC1(C)CC=C(c2nccs2)c2cc(C(=O)Nc3ccc(C(=O)O)cc3)ccc21.